The van der Waals surface area contributed by atoms with Crippen LogP contribution in [-0.4, -0.2) is 18.4 Å². The Morgan fingerprint density at radius 2 is 2.12 bits per heavy atom. The molecule has 4 heteroatoms. The van der Waals surface area contributed by atoms with Gasteiger partial charge in [-0.25, -0.2) is 5.26 Å². The third-order valence-electron chi connectivity index (χ3n) is 4.96. The maximum absolute atomic E-state index is 9.22. The summed E-state index contributed by atoms with van der Waals surface area (Å²) in [4.78, 5) is 0. The molecule has 1 heterocycles. The fourth-order valence-electron chi connectivity index (χ4n) is 3.47. The van der Waals surface area contributed by atoms with E-state index in [4.69, 9.17) is 5.26 Å². The van der Waals surface area contributed by atoms with Gasteiger partial charge in [0.2, 0.25) is 0 Å². The molecule has 1 aliphatic rings. The van der Waals surface area contributed by atoms with Gasteiger partial charge < -0.3 is 10.4 Å². The molecule has 0 atom stereocenters. The van der Waals surface area contributed by atoms with Crippen LogP contribution in [0.5, 0.6) is 0 Å². The highest BCUT2D eigenvalue weighted by Crippen LogP contribution is 2.35. The largest absolute Gasteiger partial charge is 0.390 e. The van der Waals surface area contributed by atoms with Crippen molar-refractivity contribution in [3.8, 4) is 5.97 Å². The molecule has 0 aromatic heterocycles. The first-order valence-corrected chi connectivity index (χ1v) is 8.86. The topological polar surface area (TPSA) is 56.0 Å². The van der Waals surface area contributed by atoms with Crippen molar-refractivity contribution in [1.29, 1.82) is 5.26 Å². The van der Waals surface area contributed by atoms with Gasteiger partial charge in [0.1, 0.15) is 0 Å². The summed E-state index contributed by atoms with van der Waals surface area (Å²) in [6, 6.07) is 8.67. The lowest BCUT2D eigenvalue weighted by Gasteiger charge is -2.26. The Bertz CT molecular complexity index is 625. The van der Waals surface area contributed by atoms with Crippen LogP contribution in [0, 0.1) is 11.2 Å². The smallest absolute Gasteiger partial charge is 0.267 e. The van der Waals surface area contributed by atoms with E-state index in [0.29, 0.717) is 5.92 Å². The van der Waals surface area contributed by atoms with Crippen molar-refractivity contribution >= 4 is 6.71 Å². The number of nitrogens with zero attached hydrogens (tertiary/aromatic N) is 1. The van der Waals surface area contributed by atoms with Gasteiger partial charge in [0, 0.05) is 17.4 Å². The summed E-state index contributed by atoms with van der Waals surface area (Å²) in [5.74, 6) is 2.99. The van der Waals surface area contributed by atoms with E-state index in [-0.39, 0.29) is 13.3 Å². The van der Waals surface area contributed by atoms with Gasteiger partial charge in [-0.3, -0.25) is 0 Å². The molecule has 0 unspecified atom stereocenters. The lowest BCUT2D eigenvalue weighted by atomic mass is 9.41. The van der Waals surface area contributed by atoms with Crippen molar-refractivity contribution in [2.24, 2.45) is 0 Å². The van der Waals surface area contributed by atoms with Crippen LogP contribution >= 0.6 is 0 Å². The fraction of sp³-hybridized carbons (Fsp3) is 0.450. The Hall–Kier alpha value is -1.99. The Morgan fingerprint density at radius 3 is 2.75 bits per heavy atom. The van der Waals surface area contributed by atoms with Crippen molar-refractivity contribution in [2.75, 3.05) is 6.61 Å². The molecule has 0 radical (unpaired) electrons. The van der Waals surface area contributed by atoms with Gasteiger partial charge in [-0.2, -0.15) is 0 Å². The molecule has 24 heavy (non-hydrogen) atoms. The predicted molar refractivity (Wildman–Crippen MR) is 101 cm³/mol. The van der Waals surface area contributed by atoms with Crippen molar-refractivity contribution in [1.82, 2.24) is 5.32 Å². The summed E-state index contributed by atoms with van der Waals surface area (Å²) in [5, 5.41) is 21.5. The molecule has 2 rings (SSSR count). The normalized spacial score (nSPS) is 15.9. The van der Waals surface area contributed by atoms with Crippen LogP contribution in [0.15, 0.2) is 48.3 Å². The van der Waals surface area contributed by atoms with Gasteiger partial charge >= 0.3 is 0 Å². The fourth-order valence-corrected chi connectivity index (χ4v) is 3.47. The molecular weight excluding hydrogens is 295 g/mol. The van der Waals surface area contributed by atoms with Gasteiger partial charge in [0.25, 0.3) is 6.71 Å². The Kier molecular flexibility index (Phi) is 7.15. The number of aryl methyl sites for hydroxylation is 1. The first-order chi connectivity index (χ1) is 11.7. The zero-order valence-electron chi connectivity index (χ0n) is 14.6. The molecule has 0 aliphatic carbocycles. The molecule has 0 amide bonds. The standard InChI is InChI=1S/C20H27BN2O/c1-3-19(14-24)23-16(2)8-9-17-6-4-5-7-20(17)18-10-12-21(15-22)13-11-18/h3-7,18,23-24H,2,8-14H2,1H3/b19-3-. The monoisotopic (exact) mass is 322 g/mol. The summed E-state index contributed by atoms with van der Waals surface area (Å²) in [7, 11) is 0. The maximum atomic E-state index is 9.22. The summed E-state index contributed by atoms with van der Waals surface area (Å²) in [5.41, 5.74) is 4.55. The van der Waals surface area contributed by atoms with Crippen LogP contribution in [0.1, 0.15) is 43.2 Å². The number of aliphatic hydroxyl groups is 1. The minimum Gasteiger partial charge on any atom is -0.390 e. The first kappa shape index (κ1) is 18.4. The van der Waals surface area contributed by atoms with Crippen molar-refractivity contribution in [3.05, 3.63) is 59.4 Å². The van der Waals surface area contributed by atoms with E-state index in [0.717, 1.165) is 49.7 Å². The second-order valence-corrected chi connectivity index (χ2v) is 6.58. The number of rotatable bonds is 7. The third kappa shape index (κ3) is 5.01. The molecule has 1 aliphatic heterocycles. The molecule has 1 fully saturated rings. The van der Waals surface area contributed by atoms with Crippen LogP contribution in [0.25, 0.3) is 0 Å². The van der Waals surface area contributed by atoms with Gasteiger partial charge in [-0.05, 0) is 36.8 Å². The number of nitriles is 1. The van der Waals surface area contributed by atoms with Gasteiger partial charge in [0.05, 0.1) is 6.61 Å². The average molecular weight is 322 g/mol. The second-order valence-electron chi connectivity index (χ2n) is 6.58. The highest BCUT2D eigenvalue weighted by Gasteiger charge is 2.26. The number of aliphatic hydroxyl groups excluding tert-OH is 1. The van der Waals surface area contributed by atoms with E-state index in [1.165, 1.54) is 11.1 Å². The molecule has 1 aromatic rings. The second kappa shape index (κ2) is 9.34. The Labute approximate surface area is 146 Å². The molecule has 1 aromatic carbocycles. The molecule has 0 saturated carbocycles. The number of hydrogen-bond acceptors (Lipinski definition) is 3. The number of allylic oxidation sites excluding steroid dienone is 2. The van der Waals surface area contributed by atoms with E-state index in [1.54, 1.807) is 0 Å². The van der Waals surface area contributed by atoms with Crippen LogP contribution in [0.2, 0.25) is 12.6 Å². The third-order valence-corrected chi connectivity index (χ3v) is 4.96. The molecule has 0 bridgehead atoms. The van der Waals surface area contributed by atoms with Crippen LogP contribution in [0.4, 0.5) is 0 Å². The summed E-state index contributed by atoms with van der Waals surface area (Å²) >= 11 is 0. The summed E-state index contributed by atoms with van der Waals surface area (Å²) in [6.07, 6.45) is 7.93. The predicted octanol–water partition coefficient (Wildman–Crippen LogP) is 4.05. The van der Waals surface area contributed by atoms with E-state index in [9.17, 15) is 5.11 Å². The van der Waals surface area contributed by atoms with E-state index in [2.05, 4.69) is 42.1 Å². The summed E-state index contributed by atoms with van der Waals surface area (Å²) < 4.78 is 0. The minimum atomic E-state index is 0.00817. The maximum Gasteiger partial charge on any atom is 0.267 e. The van der Waals surface area contributed by atoms with Crippen LogP contribution in [0.3, 0.4) is 0 Å². The lowest BCUT2D eigenvalue weighted by molar-refractivity contribution is 0.323. The molecule has 1 saturated heterocycles. The zero-order chi connectivity index (χ0) is 17.4. The zero-order valence-corrected chi connectivity index (χ0v) is 14.6. The van der Waals surface area contributed by atoms with E-state index in [1.807, 2.05) is 13.0 Å². The van der Waals surface area contributed by atoms with Crippen molar-refractivity contribution in [2.45, 2.75) is 51.2 Å². The van der Waals surface area contributed by atoms with Crippen molar-refractivity contribution in [3.63, 3.8) is 0 Å². The SMILES string of the molecule is C=C(CCc1ccccc1C1CCB(C#N)CC1)N/C(=C\C)CO. The minimum absolute atomic E-state index is 0.00817. The molecule has 3 nitrogen and oxygen atoms in total. The van der Waals surface area contributed by atoms with Crippen molar-refractivity contribution < 1.29 is 5.11 Å². The molecule has 126 valence electrons. The van der Waals surface area contributed by atoms with Gasteiger partial charge in [-0.15, -0.1) is 0 Å². The molecular formula is C20H27BN2O. The number of nitrogens with one attached hydrogen (secondary N) is 1. The molecule has 2 N–H and O–H groups in total. The summed E-state index contributed by atoms with van der Waals surface area (Å²) in [6.45, 7) is 6.22. The number of hydrogen-bond donors (Lipinski definition) is 2. The van der Waals surface area contributed by atoms with Gasteiger partial charge in [-0.1, -0.05) is 62.4 Å². The first-order valence-electron chi connectivity index (χ1n) is 8.86. The molecule has 0 spiro atoms. The van der Waals surface area contributed by atoms with E-state index < -0.39 is 0 Å². The van der Waals surface area contributed by atoms with Crippen LogP contribution < -0.4 is 5.32 Å². The highest BCUT2D eigenvalue weighted by molar-refractivity contribution is 6.67. The van der Waals surface area contributed by atoms with E-state index >= 15 is 0 Å². The highest BCUT2D eigenvalue weighted by atomic mass is 16.3. The lowest BCUT2D eigenvalue weighted by Crippen LogP contribution is -2.20. The number of benzene rings is 1. The Balaban J connectivity index is 1.97. The Morgan fingerprint density at radius 1 is 1.42 bits per heavy atom. The van der Waals surface area contributed by atoms with Crippen LogP contribution in [-0.2, 0) is 6.42 Å². The average Bonchev–Trinajstić information content (AvgIpc) is 2.64. The van der Waals surface area contributed by atoms with Gasteiger partial charge in [0.15, 0.2) is 0 Å². The quantitative estimate of drug-likeness (QED) is 0.745.